The van der Waals surface area contributed by atoms with Crippen molar-refractivity contribution >= 4 is 38.6 Å². The van der Waals surface area contributed by atoms with Gasteiger partial charge in [-0.15, -0.1) is 0 Å². The summed E-state index contributed by atoms with van der Waals surface area (Å²) in [7, 11) is -3.56. The molecule has 0 spiro atoms. The minimum absolute atomic E-state index is 0.120. The van der Waals surface area contributed by atoms with E-state index in [4.69, 9.17) is 5.73 Å². The summed E-state index contributed by atoms with van der Waals surface area (Å²) in [5.41, 5.74) is 7.35. The van der Waals surface area contributed by atoms with Gasteiger partial charge in [0.15, 0.2) is 0 Å². The lowest BCUT2D eigenvalue weighted by molar-refractivity contribution is -0.147. The number of aromatic amines is 1. The first-order chi connectivity index (χ1) is 16.6. The van der Waals surface area contributed by atoms with Crippen LogP contribution in [-0.2, 0) is 30.8 Å². The van der Waals surface area contributed by atoms with Gasteiger partial charge in [-0.05, 0) is 24.5 Å². The van der Waals surface area contributed by atoms with Crippen molar-refractivity contribution in [2.24, 2.45) is 11.7 Å². The van der Waals surface area contributed by atoms with Gasteiger partial charge < -0.3 is 20.9 Å². The Morgan fingerprint density at radius 3 is 2.54 bits per heavy atom. The highest BCUT2D eigenvalue weighted by atomic mass is 32.2. The number of primary amides is 1. The number of nitrogens with zero attached hydrogens (tertiary/aromatic N) is 2. The number of carbonyl (C=O) groups is 3. The lowest BCUT2D eigenvalue weighted by atomic mass is 9.87. The summed E-state index contributed by atoms with van der Waals surface area (Å²) in [6.07, 6.45) is 7.58. The van der Waals surface area contributed by atoms with E-state index in [2.05, 4.69) is 10.3 Å². The Hall–Kier alpha value is -2.92. The van der Waals surface area contributed by atoms with Crippen molar-refractivity contribution in [3.05, 3.63) is 36.0 Å². The fourth-order valence-electron chi connectivity index (χ4n) is 5.14. The molecule has 3 amide bonds. The van der Waals surface area contributed by atoms with Gasteiger partial charge in [0.25, 0.3) is 0 Å². The number of fused-ring (bicyclic) bond motifs is 1. The van der Waals surface area contributed by atoms with Gasteiger partial charge in [0.2, 0.25) is 27.7 Å². The Bertz CT molecular complexity index is 1200. The number of H-pyrrole nitrogens is 1. The zero-order valence-electron chi connectivity index (χ0n) is 19.9. The fraction of sp³-hybridized carbons (Fsp3) is 0.542. The number of para-hydroxylation sites is 1. The largest absolute Gasteiger partial charge is 0.368 e. The quantitative estimate of drug-likeness (QED) is 0.510. The molecular weight excluding hydrogens is 470 g/mol. The van der Waals surface area contributed by atoms with Gasteiger partial charge >= 0.3 is 0 Å². The normalized spacial score (nSPS) is 21.1. The van der Waals surface area contributed by atoms with Crippen LogP contribution in [0, 0.1) is 5.92 Å². The molecule has 1 saturated carbocycles. The van der Waals surface area contributed by atoms with Crippen LogP contribution in [0.25, 0.3) is 10.9 Å². The Labute approximate surface area is 205 Å². The molecule has 4 N–H and O–H groups in total. The maximum atomic E-state index is 13.4. The molecule has 2 fully saturated rings. The highest BCUT2D eigenvalue weighted by Gasteiger charge is 2.41. The Morgan fingerprint density at radius 1 is 1.14 bits per heavy atom. The lowest BCUT2D eigenvalue weighted by Crippen LogP contribution is -2.63. The third kappa shape index (κ3) is 5.67. The van der Waals surface area contributed by atoms with Gasteiger partial charge in [-0.3, -0.25) is 14.4 Å². The standard InChI is InChI=1S/C24H33N5O5S/c1-35(33,34)28-11-12-29(24(32)16-7-3-2-4-8-16)21(15-28)23(31)27-20(22(25)30)13-17-14-26-19-10-6-5-9-18(17)19/h5-6,9-10,14,16,20-21,26H,2-4,7-8,11-13,15H2,1H3,(H2,25,30)(H,27,31)/t20-,21-/m1/s1. The van der Waals surface area contributed by atoms with Gasteiger partial charge in [-0.25, -0.2) is 8.42 Å². The van der Waals surface area contributed by atoms with Crippen LogP contribution in [0.4, 0.5) is 0 Å². The second-order valence-electron chi connectivity index (χ2n) is 9.53. The van der Waals surface area contributed by atoms with Crippen molar-refractivity contribution in [2.45, 2.75) is 50.6 Å². The Morgan fingerprint density at radius 2 is 1.86 bits per heavy atom. The van der Waals surface area contributed by atoms with Crippen LogP contribution >= 0.6 is 0 Å². The molecule has 0 unspecified atom stereocenters. The molecule has 0 bridgehead atoms. The van der Waals surface area contributed by atoms with E-state index in [1.54, 1.807) is 6.20 Å². The number of carbonyl (C=O) groups excluding carboxylic acids is 3. The van der Waals surface area contributed by atoms with Crippen molar-refractivity contribution < 1.29 is 22.8 Å². The number of nitrogens with one attached hydrogen (secondary N) is 2. The van der Waals surface area contributed by atoms with Gasteiger partial charge in [0, 0.05) is 49.1 Å². The molecule has 2 aliphatic rings. The summed E-state index contributed by atoms with van der Waals surface area (Å²) in [5, 5.41) is 3.63. The van der Waals surface area contributed by atoms with Crippen LogP contribution in [0.5, 0.6) is 0 Å². The molecule has 1 aromatic carbocycles. The second kappa shape index (κ2) is 10.4. The second-order valence-corrected chi connectivity index (χ2v) is 11.5. The minimum Gasteiger partial charge on any atom is -0.368 e. The minimum atomic E-state index is -3.56. The summed E-state index contributed by atoms with van der Waals surface area (Å²) in [4.78, 5) is 43.7. The molecule has 2 aromatic rings. The van der Waals surface area contributed by atoms with Crippen LogP contribution < -0.4 is 11.1 Å². The number of hydrogen-bond acceptors (Lipinski definition) is 5. The summed E-state index contributed by atoms with van der Waals surface area (Å²) < 4.78 is 25.6. The molecule has 1 saturated heterocycles. The summed E-state index contributed by atoms with van der Waals surface area (Å²) >= 11 is 0. The molecule has 2 atom stereocenters. The number of piperazine rings is 1. The number of benzene rings is 1. The number of nitrogens with two attached hydrogens (primary N) is 1. The van der Waals surface area contributed by atoms with Crippen LogP contribution in [0.3, 0.4) is 0 Å². The van der Waals surface area contributed by atoms with Crippen molar-refractivity contribution in [2.75, 3.05) is 25.9 Å². The van der Waals surface area contributed by atoms with E-state index in [1.807, 2.05) is 24.3 Å². The molecule has 10 nitrogen and oxygen atoms in total. The van der Waals surface area contributed by atoms with Crippen molar-refractivity contribution in [3.63, 3.8) is 0 Å². The summed E-state index contributed by atoms with van der Waals surface area (Å²) in [6.45, 7) is 0.113. The zero-order chi connectivity index (χ0) is 25.2. The van der Waals surface area contributed by atoms with Gasteiger partial charge in [0.1, 0.15) is 12.1 Å². The van der Waals surface area contributed by atoms with Gasteiger partial charge in [-0.1, -0.05) is 37.5 Å². The number of rotatable bonds is 7. The van der Waals surface area contributed by atoms with E-state index in [0.29, 0.717) is 0 Å². The number of hydrogen-bond donors (Lipinski definition) is 3. The summed E-state index contributed by atoms with van der Waals surface area (Å²) in [5.74, 6) is -1.57. The molecule has 2 heterocycles. The maximum absolute atomic E-state index is 13.4. The van der Waals surface area contributed by atoms with E-state index < -0.39 is 33.9 Å². The average molecular weight is 504 g/mol. The Kier molecular flexibility index (Phi) is 7.46. The summed E-state index contributed by atoms with van der Waals surface area (Å²) in [6, 6.07) is 5.56. The van der Waals surface area contributed by atoms with Crippen LogP contribution in [0.1, 0.15) is 37.7 Å². The number of aromatic nitrogens is 1. The molecule has 0 radical (unpaired) electrons. The third-order valence-corrected chi connectivity index (χ3v) is 8.38. The van der Waals surface area contributed by atoms with E-state index in [0.717, 1.165) is 54.8 Å². The van der Waals surface area contributed by atoms with E-state index in [1.165, 1.54) is 9.21 Å². The van der Waals surface area contributed by atoms with Gasteiger partial charge in [0.05, 0.1) is 6.26 Å². The first-order valence-corrected chi connectivity index (χ1v) is 13.9. The monoisotopic (exact) mass is 503 g/mol. The molecule has 1 aromatic heterocycles. The number of sulfonamides is 1. The molecule has 1 aliphatic carbocycles. The predicted molar refractivity (Wildman–Crippen MR) is 132 cm³/mol. The van der Waals surface area contributed by atoms with E-state index in [9.17, 15) is 22.8 Å². The first kappa shape index (κ1) is 25.2. The Balaban J connectivity index is 1.55. The first-order valence-electron chi connectivity index (χ1n) is 12.1. The molecule has 11 heteroatoms. The van der Waals surface area contributed by atoms with Crippen molar-refractivity contribution in [3.8, 4) is 0 Å². The molecule has 35 heavy (non-hydrogen) atoms. The SMILES string of the molecule is CS(=O)(=O)N1CCN(C(=O)C2CCCCC2)[C@@H](C(=O)N[C@H](Cc2c[nH]c3ccccc23)C(N)=O)C1. The topological polar surface area (TPSA) is 146 Å². The molecular formula is C24H33N5O5S. The predicted octanol–water partition coefficient (Wildman–Crippen LogP) is 0.733. The van der Waals surface area contributed by atoms with Crippen molar-refractivity contribution in [1.82, 2.24) is 19.5 Å². The fourth-order valence-corrected chi connectivity index (χ4v) is 5.97. The smallest absolute Gasteiger partial charge is 0.244 e. The maximum Gasteiger partial charge on any atom is 0.244 e. The number of amides is 3. The average Bonchev–Trinajstić information content (AvgIpc) is 3.25. The van der Waals surface area contributed by atoms with E-state index >= 15 is 0 Å². The highest BCUT2D eigenvalue weighted by molar-refractivity contribution is 7.88. The highest BCUT2D eigenvalue weighted by Crippen LogP contribution is 2.27. The van der Waals surface area contributed by atoms with Crippen molar-refractivity contribution in [1.29, 1.82) is 0 Å². The zero-order valence-corrected chi connectivity index (χ0v) is 20.7. The molecule has 4 rings (SSSR count). The van der Waals surface area contributed by atoms with E-state index in [-0.39, 0.29) is 37.9 Å². The third-order valence-electron chi connectivity index (χ3n) is 7.11. The lowest BCUT2D eigenvalue weighted by Gasteiger charge is -2.41. The molecule has 1 aliphatic heterocycles. The molecule has 190 valence electrons. The van der Waals surface area contributed by atoms with Crippen LogP contribution in [0.2, 0.25) is 0 Å². The van der Waals surface area contributed by atoms with Crippen LogP contribution in [-0.4, -0.2) is 78.3 Å². The van der Waals surface area contributed by atoms with Gasteiger partial charge in [-0.2, -0.15) is 4.31 Å². The van der Waals surface area contributed by atoms with Crippen LogP contribution in [0.15, 0.2) is 30.5 Å².